The second-order valence-corrected chi connectivity index (χ2v) is 7.72. The SMILES string of the molecule is CCCCCCCCCCCCCCCCCCCCCCC.[NaH]. The van der Waals surface area contributed by atoms with E-state index in [1.54, 1.807) is 0 Å². The van der Waals surface area contributed by atoms with E-state index in [0.717, 1.165) is 0 Å². The molecule has 24 heavy (non-hydrogen) atoms. The minimum absolute atomic E-state index is 0. The van der Waals surface area contributed by atoms with Crippen LogP contribution in [0.15, 0.2) is 0 Å². The third-order valence-corrected chi connectivity index (χ3v) is 5.21. The van der Waals surface area contributed by atoms with Crippen molar-refractivity contribution in [1.82, 2.24) is 0 Å². The first-order chi connectivity index (χ1) is 11.4. The molecular weight excluding hydrogens is 299 g/mol. The van der Waals surface area contributed by atoms with Crippen LogP contribution in [0, 0.1) is 0 Å². The number of hydrogen-bond donors (Lipinski definition) is 0. The molecule has 0 aliphatic rings. The van der Waals surface area contributed by atoms with Crippen molar-refractivity contribution in [2.45, 2.75) is 149 Å². The Morgan fingerprint density at radius 2 is 0.375 bits per heavy atom. The van der Waals surface area contributed by atoms with Crippen molar-refractivity contribution in [1.29, 1.82) is 0 Å². The fourth-order valence-corrected chi connectivity index (χ4v) is 3.51. The van der Waals surface area contributed by atoms with Crippen molar-refractivity contribution in [2.24, 2.45) is 0 Å². The average Bonchev–Trinajstić information content (AvgIpc) is 2.57. The van der Waals surface area contributed by atoms with Gasteiger partial charge in [-0.1, -0.05) is 149 Å². The summed E-state index contributed by atoms with van der Waals surface area (Å²) in [5, 5.41) is 0. The van der Waals surface area contributed by atoms with Gasteiger partial charge in [0.25, 0.3) is 0 Å². The summed E-state index contributed by atoms with van der Waals surface area (Å²) in [4.78, 5) is 0. The van der Waals surface area contributed by atoms with Crippen molar-refractivity contribution in [3.05, 3.63) is 0 Å². The van der Waals surface area contributed by atoms with Gasteiger partial charge in [0.05, 0.1) is 0 Å². The number of unbranched alkanes of at least 4 members (excludes halogenated alkanes) is 20. The van der Waals surface area contributed by atoms with Crippen LogP contribution in [-0.2, 0) is 0 Å². The van der Waals surface area contributed by atoms with Gasteiger partial charge in [0.1, 0.15) is 0 Å². The van der Waals surface area contributed by atoms with Crippen molar-refractivity contribution >= 4 is 29.6 Å². The van der Waals surface area contributed by atoms with Gasteiger partial charge in [0.2, 0.25) is 0 Å². The Balaban J connectivity index is 0. The first kappa shape index (κ1) is 27.2. The first-order valence-electron chi connectivity index (χ1n) is 11.4. The maximum atomic E-state index is 2.30. The molecule has 0 amide bonds. The zero-order valence-electron chi connectivity index (χ0n) is 16.8. The Morgan fingerprint density at radius 3 is 0.500 bits per heavy atom. The van der Waals surface area contributed by atoms with Gasteiger partial charge >= 0.3 is 29.6 Å². The molecule has 1 heteroatoms. The van der Waals surface area contributed by atoms with Crippen LogP contribution in [0.5, 0.6) is 0 Å². The Bertz CT molecular complexity index is 170. The predicted molar refractivity (Wildman–Crippen MR) is 115 cm³/mol. The van der Waals surface area contributed by atoms with Gasteiger partial charge in [-0.3, -0.25) is 0 Å². The fourth-order valence-electron chi connectivity index (χ4n) is 3.51. The quantitative estimate of drug-likeness (QED) is 0.153. The van der Waals surface area contributed by atoms with E-state index >= 15 is 0 Å². The van der Waals surface area contributed by atoms with Gasteiger partial charge in [-0.25, -0.2) is 0 Å². The summed E-state index contributed by atoms with van der Waals surface area (Å²) in [6, 6.07) is 0. The Labute approximate surface area is 177 Å². The molecule has 0 aliphatic carbocycles. The molecule has 0 spiro atoms. The van der Waals surface area contributed by atoms with Crippen LogP contribution in [0.3, 0.4) is 0 Å². The average molecular weight is 349 g/mol. The van der Waals surface area contributed by atoms with Crippen LogP contribution < -0.4 is 0 Å². The van der Waals surface area contributed by atoms with Crippen molar-refractivity contribution in [3.8, 4) is 0 Å². The van der Waals surface area contributed by atoms with E-state index < -0.39 is 0 Å². The summed E-state index contributed by atoms with van der Waals surface area (Å²) >= 11 is 0. The normalized spacial score (nSPS) is 10.8. The Hall–Kier alpha value is 1.00. The maximum absolute atomic E-state index is 2.30. The molecule has 0 aromatic heterocycles. The van der Waals surface area contributed by atoms with Crippen molar-refractivity contribution in [3.63, 3.8) is 0 Å². The van der Waals surface area contributed by atoms with Gasteiger partial charge in [-0.15, -0.1) is 0 Å². The molecule has 0 N–H and O–H groups in total. The van der Waals surface area contributed by atoms with E-state index in [0.29, 0.717) is 0 Å². The molecule has 0 saturated carbocycles. The molecule has 0 aromatic rings. The summed E-state index contributed by atoms with van der Waals surface area (Å²) in [5.74, 6) is 0. The molecule has 0 saturated heterocycles. The van der Waals surface area contributed by atoms with E-state index in [1.165, 1.54) is 135 Å². The molecule has 0 radical (unpaired) electrons. The minimum atomic E-state index is 0. The van der Waals surface area contributed by atoms with Crippen LogP contribution in [-0.4, -0.2) is 29.6 Å². The molecule has 0 nitrogen and oxygen atoms in total. The molecule has 0 rings (SSSR count). The third-order valence-electron chi connectivity index (χ3n) is 5.21. The van der Waals surface area contributed by atoms with Gasteiger partial charge in [-0.2, -0.15) is 0 Å². The van der Waals surface area contributed by atoms with Crippen LogP contribution in [0.1, 0.15) is 149 Å². The standard InChI is InChI=1S/C23H48.Na.H/c1-3-5-7-9-11-13-15-17-19-21-23-22-20-18-16-14-12-10-8-6-4-2;;/h3-23H2,1-2H3;;. The van der Waals surface area contributed by atoms with E-state index in [1.807, 2.05) is 0 Å². The first-order valence-corrected chi connectivity index (χ1v) is 11.4. The Morgan fingerprint density at radius 1 is 0.250 bits per heavy atom. The fraction of sp³-hybridized carbons (Fsp3) is 1.00. The number of hydrogen-bond acceptors (Lipinski definition) is 0. The molecule has 0 fully saturated rings. The van der Waals surface area contributed by atoms with E-state index in [9.17, 15) is 0 Å². The van der Waals surface area contributed by atoms with Gasteiger partial charge in [0.15, 0.2) is 0 Å². The van der Waals surface area contributed by atoms with Crippen LogP contribution in [0.4, 0.5) is 0 Å². The molecule has 0 bridgehead atoms. The summed E-state index contributed by atoms with van der Waals surface area (Å²) in [7, 11) is 0. The molecule has 142 valence electrons. The zero-order valence-corrected chi connectivity index (χ0v) is 16.8. The Kier molecular flexibility index (Phi) is 29.8. The molecule has 0 unspecified atom stereocenters. The van der Waals surface area contributed by atoms with Crippen molar-refractivity contribution < 1.29 is 0 Å². The molecule has 0 heterocycles. The third kappa shape index (κ3) is 25.2. The second-order valence-electron chi connectivity index (χ2n) is 7.72. The second kappa shape index (κ2) is 26.2. The van der Waals surface area contributed by atoms with Crippen LogP contribution in [0.25, 0.3) is 0 Å². The molecule has 0 atom stereocenters. The summed E-state index contributed by atoms with van der Waals surface area (Å²) < 4.78 is 0. The number of rotatable bonds is 20. The zero-order chi connectivity index (χ0) is 16.8. The topological polar surface area (TPSA) is 0 Å². The van der Waals surface area contributed by atoms with Crippen molar-refractivity contribution in [2.75, 3.05) is 0 Å². The van der Waals surface area contributed by atoms with Crippen LogP contribution in [0.2, 0.25) is 0 Å². The van der Waals surface area contributed by atoms with E-state index in [4.69, 9.17) is 0 Å². The van der Waals surface area contributed by atoms with E-state index in [-0.39, 0.29) is 29.6 Å². The summed E-state index contributed by atoms with van der Waals surface area (Å²) in [5.41, 5.74) is 0. The summed E-state index contributed by atoms with van der Waals surface area (Å²) in [6.07, 6.45) is 30.9. The monoisotopic (exact) mass is 348 g/mol. The van der Waals surface area contributed by atoms with Gasteiger partial charge in [-0.05, 0) is 0 Å². The van der Waals surface area contributed by atoms with E-state index in [2.05, 4.69) is 13.8 Å². The van der Waals surface area contributed by atoms with Crippen LogP contribution >= 0.6 is 0 Å². The predicted octanol–water partition coefficient (Wildman–Crippen LogP) is 8.57. The molecular formula is C23H49Na. The molecule has 0 aromatic carbocycles. The van der Waals surface area contributed by atoms with Gasteiger partial charge < -0.3 is 0 Å². The summed E-state index contributed by atoms with van der Waals surface area (Å²) in [6.45, 7) is 4.60. The van der Waals surface area contributed by atoms with Gasteiger partial charge in [0, 0.05) is 0 Å². The molecule has 0 aliphatic heterocycles.